The fourth-order valence-corrected chi connectivity index (χ4v) is 2.71. The number of carbonyl (C=O) groups is 1. The summed E-state index contributed by atoms with van der Waals surface area (Å²) in [6, 6.07) is 17.9. The van der Waals surface area contributed by atoms with E-state index in [1.165, 1.54) is 11.1 Å². The number of nitrogens with one attached hydrogen (secondary N) is 3. The highest BCUT2D eigenvalue weighted by Crippen LogP contribution is 2.22. The van der Waals surface area contributed by atoms with Crippen molar-refractivity contribution in [3.63, 3.8) is 0 Å². The quantitative estimate of drug-likeness (QED) is 0.598. The van der Waals surface area contributed by atoms with Gasteiger partial charge >= 0.3 is 0 Å². The minimum absolute atomic E-state index is 0.126. The zero-order chi connectivity index (χ0) is 16.9. The summed E-state index contributed by atoms with van der Waals surface area (Å²) in [4.78, 5) is 12.3. The Kier molecular flexibility index (Phi) is 5.03. The maximum atomic E-state index is 12.3. The smallest absolute Gasteiger partial charge is 0.258 e. The van der Waals surface area contributed by atoms with Crippen LogP contribution in [0.4, 0.5) is 0 Å². The van der Waals surface area contributed by atoms with Crippen molar-refractivity contribution in [2.45, 2.75) is 32.4 Å². The highest BCUT2D eigenvalue weighted by molar-refractivity contribution is 5.99. The van der Waals surface area contributed by atoms with Crippen LogP contribution in [0.25, 0.3) is 0 Å². The molecule has 24 heavy (non-hydrogen) atoms. The molecule has 5 nitrogen and oxygen atoms in total. The van der Waals surface area contributed by atoms with E-state index in [-0.39, 0.29) is 18.0 Å². The summed E-state index contributed by atoms with van der Waals surface area (Å²) in [6.45, 7) is 3.94. The molecule has 0 bridgehead atoms. The van der Waals surface area contributed by atoms with Gasteiger partial charge in [-0.25, -0.2) is 16.3 Å². The lowest BCUT2D eigenvalue weighted by atomic mass is 10.0. The fourth-order valence-electron chi connectivity index (χ4n) is 2.71. The molecule has 1 aliphatic rings. The van der Waals surface area contributed by atoms with Crippen LogP contribution in [-0.2, 0) is 4.79 Å². The third-order valence-corrected chi connectivity index (χ3v) is 4.22. The van der Waals surface area contributed by atoms with E-state index in [0.29, 0.717) is 6.42 Å². The molecule has 1 aliphatic heterocycles. The summed E-state index contributed by atoms with van der Waals surface area (Å²) in [5.74, 6) is -0.132. The van der Waals surface area contributed by atoms with Crippen LogP contribution in [0.3, 0.4) is 0 Å². The van der Waals surface area contributed by atoms with Crippen molar-refractivity contribution in [3.05, 3.63) is 71.3 Å². The number of hydrogen-bond acceptors (Lipinski definition) is 4. The molecule has 1 amide bonds. The van der Waals surface area contributed by atoms with Crippen LogP contribution < -0.4 is 16.3 Å². The topological polar surface area (TPSA) is 65.5 Å². The molecule has 0 saturated carbocycles. The normalized spacial score (nSPS) is 20.8. The Labute approximate surface area is 142 Å². The van der Waals surface area contributed by atoms with Gasteiger partial charge in [0.15, 0.2) is 0 Å². The first-order valence-electron chi connectivity index (χ1n) is 8.10. The molecule has 2 aromatic rings. The first-order chi connectivity index (χ1) is 11.6. The molecule has 0 aliphatic carbocycles. The maximum Gasteiger partial charge on any atom is 0.258 e. The van der Waals surface area contributed by atoms with E-state index in [1.807, 2.05) is 37.3 Å². The van der Waals surface area contributed by atoms with Gasteiger partial charge in [-0.1, -0.05) is 60.2 Å². The van der Waals surface area contributed by atoms with E-state index in [4.69, 9.17) is 0 Å². The van der Waals surface area contributed by atoms with Crippen LogP contribution in [0.15, 0.2) is 59.7 Å². The molecular formula is C19H22N4O. The SMILES string of the molecule is C/C(=N/NC(=O)C1CC(c2ccc(C)cc2)NN1)c1ccccc1. The molecule has 1 heterocycles. The Balaban J connectivity index is 1.58. The second-order valence-electron chi connectivity index (χ2n) is 6.08. The minimum Gasteiger partial charge on any atom is -0.271 e. The van der Waals surface area contributed by atoms with Gasteiger partial charge in [0.25, 0.3) is 5.91 Å². The first-order valence-corrected chi connectivity index (χ1v) is 8.10. The van der Waals surface area contributed by atoms with Crippen molar-refractivity contribution in [1.29, 1.82) is 0 Å². The first kappa shape index (κ1) is 16.4. The van der Waals surface area contributed by atoms with Gasteiger partial charge < -0.3 is 0 Å². The van der Waals surface area contributed by atoms with E-state index in [2.05, 4.69) is 52.6 Å². The molecule has 0 radical (unpaired) electrons. The Morgan fingerprint density at radius 1 is 1.08 bits per heavy atom. The van der Waals surface area contributed by atoms with Gasteiger partial charge in [-0.2, -0.15) is 5.10 Å². The fraction of sp³-hybridized carbons (Fsp3) is 0.263. The summed E-state index contributed by atoms with van der Waals surface area (Å²) >= 11 is 0. The van der Waals surface area contributed by atoms with Gasteiger partial charge in [-0.15, -0.1) is 0 Å². The lowest BCUT2D eigenvalue weighted by molar-refractivity contribution is -0.122. The average Bonchev–Trinajstić information content (AvgIpc) is 3.11. The molecule has 3 rings (SSSR count). The number of hydrogen-bond donors (Lipinski definition) is 3. The van der Waals surface area contributed by atoms with Crippen LogP contribution in [0.2, 0.25) is 0 Å². The molecule has 2 atom stereocenters. The monoisotopic (exact) mass is 322 g/mol. The van der Waals surface area contributed by atoms with Gasteiger partial charge in [0.05, 0.1) is 5.71 Å². The Bertz CT molecular complexity index is 725. The second kappa shape index (κ2) is 7.38. The molecule has 3 N–H and O–H groups in total. The number of aryl methyl sites for hydroxylation is 1. The van der Waals surface area contributed by atoms with Gasteiger partial charge in [0.2, 0.25) is 0 Å². The van der Waals surface area contributed by atoms with Crippen LogP contribution in [0, 0.1) is 6.92 Å². The van der Waals surface area contributed by atoms with Gasteiger partial charge in [0, 0.05) is 6.04 Å². The number of hydrazone groups is 1. The Morgan fingerprint density at radius 2 is 1.79 bits per heavy atom. The lowest BCUT2D eigenvalue weighted by Crippen LogP contribution is -2.41. The van der Waals surface area contributed by atoms with E-state index in [9.17, 15) is 4.79 Å². The van der Waals surface area contributed by atoms with E-state index < -0.39 is 0 Å². The van der Waals surface area contributed by atoms with E-state index in [1.54, 1.807) is 0 Å². The molecule has 2 aromatic carbocycles. The molecule has 124 valence electrons. The second-order valence-corrected chi connectivity index (χ2v) is 6.08. The predicted molar refractivity (Wildman–Crippen MR) is 95.4 cm³/mol. The maximum absolute atomic E-state index is 12.3. The minimum atomic E-state index is -0.302. The zero-order valence-electron chi connectivity index (χ0n) is 13.9. The van der Waals surface area contributed by atoms with Gasteiger partial charge in [0.1, 0.15) is 6.04 Å². The Morgan fingerprint density at radius 3 is 2.50 bits per heavy atom. The van der Waals surface area contributed by atoms with Crippen molar-refractivity contribution in [2.24, 2.45) is 5.10 Å². The molecular weight excluding hydrogens is 300 g/mol. The molecule has 0 aromatic heterocycles. The predicted octanol–water partition coefficient (Wildman–Crippen LogP) is 2.44. The van der Waals surface area contributed by atoms with Crippen molar-refractivity contribution in [2.75, 3.05) is 0 Å². The number of hydrazine groups is 1. The summed E-state index contributed by atoms with van der Waals surface area (Å²) in [7, 11) is 0. The average molecular weight is 322 g/mol. The highest BCUT2D eigenvalue weighted by atomic mass is 16.2. The number of nitrogens with zero attached hydrogens (tertiary/aromatic N) is 1. The zero-order valence-corrected chi connectivity index (χ0v) is 13.9. The van der Waals surface area contributed by atoms with Crippen LogP contribution in [-0.4, -0.2) is 17.7 Å². The van der Waals surface area contributed by atoms with Crippen molar-refractivity contribution in [1.82, 2.24) is 16.3 Å². The van der Waals surface area contributed by atoms with Gasteiger partial charge in [-0.05, 0) is 31.4 Å². The summed E-state index contributed by atoms with van der Waals surface area (Å²) < 4.78 is 0. The summed E-state index contributed by atoms with van der Waals surface area (Å²) in [5, 5.41) is 4.20. The lowest BCUT2D eigenvalue weighted by Gasteiger charge is -2.09. The van der Waals surface area contributed by atoms with Crippen molar-refractivity contribution in [3.8, 4) is 0 Å². The largest absolute Gasteiger partial charge is 0.271 e. The third-order valence-electron chi connectivity index (χ3n) is 4.22. The molecule has 1 saturated heterocycles. The number of rotatable bonds is 4. The van der Waals surface area contributed by atoms with E-state index >= 15 is 0 Å². The molecule has 5 heteroatoms. The number of benzene rings is 2. The number of carbonyl (C=O) groups excluding carboxylic acids is 1. The van der Waals surface area contributed by atoms with Crippen LogP contribution in [0.1, 0.15) is 36.1 Å². The van der Waals surface area contributed by atoms with Gasteiger partial charge in [-0.3, -0.25) is 4.79 Å². The Hall–Kier alpha value is -2.50. The molecule has 1 fully saturated rings. The standard InChI is InChI=1S/C19H22N4O/c1-13-8-10-16(11-9-13)17-12-18(22-21-17)19(24)23-20-14(2)15-6-4-3-5-7-15/h3-11,17-18,21-22H,12H2,1-2H3,(H,23,24)/b20-14-. The molecule has 2 unspecified atom stereocenters. The van der Waals surface area contributed by atoms with Crippen LogP contribution >= 0.6 is 0 Å². The molecule has 0 spiro atoms. The summed E-state index contributed by atoms with van der Waals surface area (Å²) in [6.07, 6.45) is 0.689. The van der Waals surface area contributed by atoms with Crippen molar-refractivity contribution < 1.29 is 4.79 Å². The van der Waals surface area contributed by atoms with E-state index in [0.717, 1.165) is 11.3 Å². The highest BCUT2D eigenvalue weighted by Gasteiger charge is 2.29. The summed E-state index contributed by atoms with van der Waals surface area (Å²) in [5.41, 5.74) is 13.1. The third kappa shape index (κ3) is 3.88. The van der Waals surface area contributed by atoms with Crippen molar-refractivity contribution >= 4 is 11.6 Å². The van der Waals surface area contributed by atoms with Crippen LogP contribution in [0.5, 0.6) is 0 Å². The number of amides is 1.